The summed E-state index contributed by atoms with van der Waals surface area (Å²) in [4.78, 5) is 32.3. The van der Waals surface area contributed by atoms with Crippen LogP contribution in [0.4, 0.5) is 4.39 Å². The number of nitrogens with one attached hydrogen (secondary N) is 1. The molecule has 1 amide bonds. The van der Waals surface area contributed by atoms with Gasteiger partial charge < -0.3 is 19.4 Å². The first-order chi connectivity index (χ1) is 12.0. The molecular weight excluding hydrogens is 329 g/mol. The molecule has 1 aliphatic heterocycles. The third kappa shape index (κ3) is 4.21. The predicted octanol–water partition coefficient (Wildman–Crippen LogP) is 1.20. The zero-order valence-electron chi connectivity index (χ0n) is 13.7. The molecule has 25 heavy (non-hydrogen) atoms. The van der Waals surface area contributed by atoms with E-state index in [1.165, 1.54) is 18.2 Å². The molecule has 2 aromatic rings. The summed E-state index contributed by atoms with van der Waals surface area (Å²) < 4.78 is 24.4. The molecule has 1 aromatic carbocycles. The Hall–Kier alpha value is -2.74. The summed E-state index contributed by atoms with van der Waals surface area (Å²) in [5.74, 6) is -0.276. The third-order valence-corrected chi connectivity index (χ3v) is 3.82. The van der Waals surface area contributed by atoms with E-state index in [0.29, 0.717) is 24.7 Å². The number of carbonyl (C=O) groups excluding carboxylic acids is 1. The molecule has 0 aliphatic carbocycles. The van der Waals surface area contributed by atoms with Gasteiger partial charge in [-0.25, -0.2) is 9.37 Å². The quantitative estimate of drug-likeness (QED) is 0.898. The first-order valence-electron chi connectivity index (χ1n) is 7.87. The normalized spacial score (nSPS) is 17.4. The van der Waals surface area contributed by atoms with Crippen LogP contribution in [-0.4, -0.2) is 47.1 Å². The summed E-state index contributed by atoms with van der Waals surface area (Å²) in [5.41, 5.74) is 0.214. The number of H-pyrrole nitrogens is 1. The van der Waals surface area contributed by atoms with Crippen molar-refractivity contribution in [2.24, 2.45) is 0 Å². The van der Waals surface area contributed by atoms with Crippen LogP contribution in [0.2, 0.25) is 0 Å². The van der Waals surface area contributed by atoms with Crippen molar-refractivity contribution in [3.05, 3.63) is 58.0 Å². The molecule has 0 bridgehead atoms. The van der Waals surface area contributed by atoms with Crippen LogP contribution in [0, 0.1) is 12.7 Å². The van der Waals surface area contributed by atoms with Gasteiger partial charge in [0.25, 0.3) is 11.5 Å². The summed E-state index contributed by atoms with van der Waals surface area (Å²) >= 11 is 0. The standard InChI is InChI=1S/C17H18FN3O4/c1-11-19-13(8-16(22)20-11)15-9-21(6-7-24-15)17(23)10-25-14-5-3-2-4-12(14)18/h2-5,8,15H,6-7,9-10H2,1H3,(H,19,20,22)/t15-/m1/s1. The fourth-order valence-corrected chi connectivity index (χ4v) is 2.61. The molecule has 1 atom stereocenters. The third-order valence-electron chi connectivity index (χ3n) is 3.82. The molecule has 1 fully saturated rings. The van der Waals surface area contributed by atoms with Crippen LogP contribution in [0.3, 0.4) is 0 Å². The number of hydrogen-bond donors (Lipinski definition) is 1. The van der Waals surface area contributed by atoms with Crippen LogP contribution in [0.1, 0.15) is 17.6 Å². The van der Waals surface area contributed by atoms with Gasteiger partial charge in [0.2, 0.25) is 0 Å². The van der Waals surface area contributed by atoms with Crippen molar-refractivity contribution >= 4 is 5.91 Å². The number of aryl methyl sites for hydroxylation is 1. The molecule has 0 unspecified atom stereocenters. The van der Waals surface area contributed by atoms with E-state index in [1.807, 2.05) is 0 Å². The number of benzene rings is 1. The Morgan fingerprint density at radius 2 is 2.28 bits per heavy atom. The predicted molar refractivity (Wildman–Crippen MR) is 86.8 cm³/mol. The van der Waals surface area contributed by atoms with Crippen LogP contribution >= 0.6 is 0 Å². The molecule has 2 heterocycles. The molecule has 1 aromatic heterocycles. The Labute approximate surface area is 143 Å². The number of ether oxygens (including phenoxy) is 2. The first kappa shape index (κ1) is 17.1. The number of morpholine rings is 1. The van der Waals surface area contributed by atoms with Gasteiger partial charge >= 0.3 is 0 Å². The molecule has 1 saturated heterocycles. The number of amides is 1. The highest BCUT2D eigenvalue weighted by Gasteiger charge is 2.27. The maximum Gasteiger partial charge on any atom is 0.260 e. The van der Waals surface area contributed by atoms with Crippen LogP contribution in [0.25, 0.3) is 0 Å². The minimum Gasteiger partial charge on any atom is -0.481 e. The topological polar surface area (TPSA) is 84.5 Å². The van der Waals surface area contributed by atoms with Gasteiger partial charge in [-0.15, -0.1) is 0 Å². The fraction of sp³-hybridized carbons (Fsp3) is 0.353. The van der Waals surface area contributed by atoms with E-state index in [4.69, 9.17) is 9.47 Å². The number of nitrogens with zero attached hydrogens (tertiary/aromatic N) is 2. The molecule has 3 rings (SSSR count). The lowest BCUT2D eigenvalue weighted by Crippen LogP contribution is -2.44. The number of halogens is 1. The van der Waals surface area contributed by atoms with Crippen molar-refractivity contribution in [2.45, 2.75) is 13.0 Å². The van der Waals surface area contributed by atoms with E-state index in [1.54, 1.807) is 24.0 Å². The molecule has 1 N–H and O–H groups in total. The summed E-state index contributed by atoms with van der Waals surface area (Å²) in [6.07, 6.45) is -0.479. The Morgan fingerprint density at radius 1 is 1.48 bits per heavy atom. The second-order valence-corrected chi connectivity index (χ2v) is 5.67. The van der Waals surface area contributed by atoms with Gasteiger partial charge in [-0.2, -0.15) is 0 Å². The molecule has 0 spiro atoms. The lowest BCUT2D eigenvalue weighted by atomic mass is 10.2. The number of aromatic nitrogens is 2. The van der Waals surface area contributed by atoms with Gasteiger partial charge in [-0.3, -0.25) is 9.59 Å². The number of rotatable bonds is 4. The van der Waals surface area contributed by atoms with E-state index in [9.17, 15) is 14.0 Å². The maximum atomic E-state index is 13.5. The van der Waals surface area contributed by atoms with E-state index in [-0.39, 0.29) is 30.4 Å². The number of para-hydroxylation sites is 1. The molecule has 8 heteroatoms. The summed E-state index contributed by atoms with van der Waals surface area (Å²) in [6, 6.07) is 7.28. The molecule has 0 saturated carbocycles. The molecule has 132 valence electrons. The van der Waals surface area contributed by atoms with Crippen molar-refractivity contribution in [1.29, 1.82) is 0 Å². The number of carbonyl (C=O) groups is 1. The van der Waals surface area contributed by atoms with Gasteiger partial charge in [0.05, 0.1) is 18.8 Å². The smallest absolute Gasteiger partial charge is 0.260 e. The second kappa shape index (κ2) is 7.43. The monoisotopic (exact) mass is 347 g/mol. The van der Waals surface area contributed by atoms with Crippen molar-refractivity contribution in [2.75, 3.05) is 26.3 Å². The Bertz CT molecular complexity index is 824. The van der Waals surface area contributed by atoms with E-state index >= 15 is 0 Å². The SMILES string of the molecule is Cc1nc([C@H]2CN(C(=O)COc3ccccc3F)CCO2)cc(=O)[nH]1. The highest BCUT2D eigenvalue weighted by atomic mass is 19.1. The van der Waals surface area contributed by atoms with Crippen LogP contribution in [-0.2, 0) is 9.53 Å². The van der Waals surface area contributed by atoms with Gasteiger partial charge in [0.1, 0.15) is 11.9 Å². The van der Waals surface area contributed by atoms with E-state index < -0.39 is 11.9 Å². The highest BCUT2D eigenvalue weighted by Crippen LogP contribution is 2.20. The molecule has 1 aliphatic rings. The summed E-state index contributed by atoms with van der Waals surface area (Å²) in [7, 11) is 0. The zero-order chi connectivity index (χ0) is 17.8. The Balaban J connectivity index is 1.63. The number of hydrogen-bond acceptors (Lipinski definition) is 5. The van der Waals surface area contributed by atoms with Crippen molar-refractivity contribution in [1.82, 2.24) is 14.9 Å². The van der Waals surface area contributed by atoms with E-state index in [0.717, 1.165) is 0 Å². The largest absolute Gasteiger partial charge is 0.481 e. The van der Waals surface area contributed by atoms with Crippen LogP contribution < -0.4 is 10.3 Å². The summed E-state index contributed by atoms with van der Waals surface area (Å²) in [5, 5.41) is 0. The lowest BCUT2D eigenvalue weighted by molar-refractivity contribution is -0.141. The van der Waals surface area contributed by atoms with Gasteiger partial charge in [-0.1, -0.05) is 12.1 Å². The Kier molecular flexibility index (Phi) is 5.08. The van der Waals surface area contributed by atoms with Crippen molar-refractivity contribution in [3.8, 4) is 5.75 Å². The lowest BCUT2D eigenvalue weighted by Gasteiger charge is -2.32. The minimum atomic E-state index is -0.515. The van der Waals surface area contributed by atoms with Gasteiger partial charge in [-0.05, 0) is 19.1 Å². The fourth-order valence-electron chi connectivity index (χ4n) is 2.61. The molecule has 0 radical (unpaired) electrons. The molecular formula is C17H18FN3O4. The van der Waals surface area contributed by atoms with Crippen molar-refractivity contribution < 1.29 is 18.7 Å². The minimum absolute atomic E-state index is 0.0348. The number of aromatic amines is 1. The highest BCUT2D eigenvalue weighted by molar-refractivity contribution is 5.78. The first-order valence-corrected chi connectivity index (χ1v) is 7.87. The summed E-state index contributed by atoms with van der Waals surface area (Å²) in [6.45, 7) is 2.39. The average molecular weight is 347 g/mol. The second-order valence-electron chi connectivity index (χ2n) is 5.67. The average Bonchev–Trinajstić information content (AvgIpc) is 2.60. The maximum absolute atomic E-state index is 13.5. The van der Waals surface area contributed by atoms with Crippen molar-refractivity contribution in [3.63, 3.8) is 0 Å². The van der Waals surface area contributed by atoms with Gasteiger partial charge in [0.15, 0.2) is 18.2 Å². The van der Waals surface area contributed by atoms with E-state index in [2.05, 4.69) is 9.97 Å². The van der Waals surface area contributed by atoms with Gasteiger partial charge in [0, 0.05) is 12.6 Å². The van der Waals surface area contributed by atoms with Crippen LogP contribution in [0.5, 0.6) is 5.75 Å². The molecule has 7 nitrogen and oxygen atoms in total. The zero-order valence-corrected chi connectivity index (χ0v) is 13.7. The van der Waals surface area contributed by atoms with Crippen LogP contribution in [0.15, 0.2) is 35.1 Å². The Morgan fingerprint density at radius 3 is 3.04 bits per heavy atom.